The summed E-state index contributed by atoms with van der Waals surface area (Å²) in [5.74, 6) is 3.52. The second kappa shape index (κ2) is 24.9. The van der Waals surface area contributed by atoms with Crippen LogP contribution in [0.25, 0.3) is 44.5 Å². The van der Waals surface area contributed by atoms with Gasteiger partial charge < -0.3 is 18.9 Å². The maximum absolute atomic E-state index is 6.71. The molecule has 0 aliphatic carbocycles. The molecule has 62 heavy (non-hydrogen) atoms. The lowest BCUT2D eigenvalue weighted by Crippen LogP contribution is -2.02. The van der Waals surface area contributed by atoms with E-state index in [1.807, 2.05) is 0 Å². The molecule has 0 amide bonds. The van der Waals surface area contributed by atoms with Gasteiger partial charge in [-0.3, -0.25) is 0 Å². The lowest BCUT2D eigenvalue weighted by molar-refractivity contribution is 0.295. The molecule has 326 valence electrons. The molecule has 6 aromatic rings. The first-order chi connectivity index (χ1) is 30.5. The molecule has 0 aliphatic rings. The average Bonchev–Trinajstić information content (AvgIpc) is 3.33. The van der Waals surface area contributed by atoms with Gasteiger partial charge in [-0.1, -0.05) is 181 Å². The first-order valence-electron chi connectivity index (χ1n) is 22.7. The van der Waals surface area contributed by atoms with E-state index in [0.717, 1.165) is 106 Å². The molecule has 6 aromatic carbocycles. The molecule has 0 aromatic heterocycles. The van der Waals surface area contributed by atoms with Gasteiger partial charge in [0.05, 0.1) is 27.4 Å². The van der Waals surface area contributed by atoms with Crippen LogP contribution in [0.3, 0.4) is 0 Å². The second-order valence-corrected chi connectivity index (χ2v) is 17.3. The molecule has 6 heteroatoms. The first-order valence-corrected chi connectivity index (χ1v) is 24.9. The summed E-state index contributed by atoms with van der Waals surface area (Å²) in [6, 6.07) is 44.2. The molecule has 0 bridgehead atoms. The van der Waals surface area contributed by atoms with Crippen molar-refractivity contribution < 1.29 is 18.9 Å². The standard InChI is InChI=1S/C56H64Br2O4/c1-5-7-15-41-17-21-43(22-18-41)45-25-29-47(30-26-45)51-38-56(62-34-14-12-10-9-11-13-33-61-54-36-49(39-57)53(59-3)35-50(54)40-58)52(37-55(51)60-4)48-31-27-46(28-32-48)44-23-19-42(20-24-44)16-8-6-2/h17-32,35-38H,5-16,33-34,39-40H2,1-4H3. The monoisotopic (exact) mass is 958 g/mol. The summed E-state index contributed by atoms with van der Waals surface area (Å²) < 4.78 is 24.6. The number of ether oxygens (including phenoxy) is 4. The van der Waals surface area contributed by atoms with Gasteiger partial charge in [-0.25, -0.2) is 0 Å². The molecule has 0 fully saturated rings. The van der Waals surface area contributed by atoms with Crippen LogP contribution in [-0.4, -0.2) is 27.4 Å². The first kappa shape index (κ1) is 47.0. The maximum Gasteiger partial charge on any atom is 0.128 e. The van der Waals surface area contributed by atoms with Gasteiger partial charge in [0.1, 0.15) is 23.0 Å². The summed E-state index contributed by atoms with van der Waals surface area (Å²) in [6.07, 6.45) is 13.8. The van der Waals surface area contributed by atoms with Crippen LogP contribution in [0.2, 0.25) is 0 Å². The van der Waals surface area contributed by atoms with Crippen LogP contribution in [0.4, 0.5) is 0 Å². The Bertz CT molecular complexity index is 2250. The quantitative estimate of drug-likeness (QED) is 0.0423. The number of hydrogen-bond donors (Lipinski definition) is 0. The van der Waals surface area contributed by atoms with E-state index in [-0.39, 0.29) is 0 Å². The number of benzene rings is 6. The number of aryl methyl sites for hydroxylation is 2. The van der Waals surface area contributed by atoms with Gasteiger partial charge in [0.25, 0.3) is 0 Å². The highest BCUT2D eigenvalue weighted by molar-refractivity contribution is 9.08. The number of rotatable bonds is 25. The smallest absolute Gasteiger partial charge is 0.128 e. The molecular formula is C56H64Br2O4. The number of alkyl halides is 2. The number of halogens is 2. The number of unbranched alkanes of at least 4 members (excludes halogenated alkanes) is 7. The minimum Gasteiger partial charge on any atom is -0.496 e. The summed E-state index contributed by atoms with van der Waals surface area (Å²) in [6.45, 7) is 5.85. The fourth-order valence-corrected chi connectivity index (χ4v) is 8.80. The summed E-state index contributed by atoms with van der Waals surface area (Å²) in [4.78, 5) is 0. The van der Waals surface area contributed by atoms with Crippen molar-refractivity contribution in [2.45, 2.75) is 102 Å². The van der Waals surface area contributed by atoms with E-state index in [1.54, 1.807) is 14.2 Å². The van der Waals surface area contributed by atoms with Crippen LogP contribution in [0.15, 0.2) is 121 Å². The van der Waals surface area contributed by atoms with Gasteiger partial charge in [-0.05, 0) is 107 Å². The Kier molecular flexibility index (Phi) is 18.9. The molecule has 4 nitrogen and oxygen atoms in total. The van der Waals surface area contributed by atoms with Gasteiger partial charge in [0.2, 0.25) is 0 Å². The molecule has 0 N–H and O–H groups in total. The molecule has 6 rings (SSSR count). The molecule has 0 radical (unpaired) electrons. The van der Waals surface area contributed by atoms with Gasteiger partial charge in [0, 0.05) is 32.9 Å². The van der Waals surface area contributed by atoms with Crippen LogP contribution in [0, 0.1) is 0 Å². The van der Waals surface area contributed by atoms with E-state index in [2.05, 4.69) is 167 Å². The van der Waals surface area contributed by atoms with E-state index >= 15 is 0 Å². The van der Waals surface area contributed by atoms with Crippen LogP contribution in [0.5, 0.6) is 23.0 Å². The van der Waals surface area contributed by atoms with E-state index in [9.17, 15) is 0 Å². The number of hydrogen-bond acceptors (Lipinski definition) is 4. The predicted molar refractivity (Wildman–Crippen MR) is 269 cm³/mol. The molecule has 0 saturated heterocycles. The van der Waals surface area contributed by atoms with Crippen molar-refractivity contribution in [3.05, 3.63) is 144 Å². The second-order valence-electron chi connectivity index (χ2n) is 16.2. The van der Waals surface area contributed by atoms with Crippen LogP contribution < -0.4 is 18.9 Å². The van der Waals surface area contributed by atoms with Gasteiger partial charge in [-0.15, -0.1) is 0 Å². The SMILES string of the molecule is CCCCc1ccc(-c2ccc(-c3cc(OCCCCCCCCOc4cc(CBr)c(OC)cc4CBr)c(-c4ccc(-c5ccc(CCCC)cc5)cc4)cc3OC)cc2)cc1. The predicted octanol–water partition coefficient (Wildman–Crippen LogP) is 16.6. The highest BCUT2D eigenvalue weighted by Crippen LogP contribution is 2.42. The van der Waals surface area contributed by atoms with E-state index in [1.165, 1.54) is 71.9 Å². The van der Waals surface area contributed by atoms with E-state index < -0.39 is 0 Å². The van der Waals surface area contributed by atoms with Crippen molar-refractivity contribution >= 4 is 31.9 Å². The fraction of sp³-hybridized carbons (Fsp3) is 0.357. The zero-order valence-electron chi connectivity index (χ0n) is 37.2. The van der Waals surface area contributed by atoms with Gasteiger partial charge in [0.15, 0.2) is 0 Å². The Morgan fingerprint density at radius 3 is 1.16 bits per heavy atom. The van der Waals surface area contributed by atoms with Crippen molar-refractivity contribution in [2.75, 3.05) is 27.4 Å². The fourth-order valence-electron chi connectivity index (χ4n) is 7.93. The van der Waals surface area contributed by atoms with Gasteiger partial charge >= 0.3 is 0 Å². The minimum absolute atomic E-state index is 0.653. The van der Waals surface area contributed by atoms with Crippen molar-refractivity contribution in [1.82, 2.24) is 0 Å². The molecular weight excluding hydrogens is 896 g/mol. The summed E-state index contributed by atoms with van der Waals surface area (Å²) in [5, 5.41) is 1.45. The third kappa shape index (κ3) is 13.0. The zero-order valence-corrected chi connectivity index (χ0v) is 40.4. The highest BCUT2D eigenvalue weighted by atomic mass is 79.9. The normalized spacial score (nSPS) is 11.1. The van der Waals surface area contributed by atoms with Crippen molar-refractivity contribution in [1.29, 1.82) is 0 Å². The topological polar surface area (TPSA) is 36.9 Å². The Morgan fingerprint density at radius 2 is 0.726 bits per heavy atom. The largest absolute Gasteiger partial charge is 0.496 e. The summed E-state index contributed by atoms with van der Waals surface area (Å²) in [5.41, 5.74) is 14.1. The summed E-state index contributed by atoms with van der Waals surface area (Å²) in [7, 11) is 3.47. The highest BCUT2D eigenvalue weighted by Gasteiger charge is 2.16. The molecule has 0 heterocycles. The van der Waals surface area contributed by atoms with Crippen molar-refractivity contribution in [3.8, 4) is 67.5 Å². The molecule has 0 aliphatic heterocycles. The van der Waals surface area contributed by atoms with Crippen molar-refractivity contribution in [3.63, 3.8) is 0 Å². The lowest BCUT2D eigenvalue weighted by Gasteiger charge is -2.18. The molecule has 0 atom stereocenters. The zero-order chi connectivity index (χ0) is 43.5. The van der Waals surface area contributed by atoms with Gasteiger partial charge in [-0.2, -0.15) is 0 Å². The Morgan fingerprint density at radius 1 is 0.371 bits per heavy atom. The van der Waals surface area contributed by atoms with Crippen LogP contribution in [-0.2, 0) is 23.5 Å². The maximum atomic E-state index is 6.71. The summed E-state index contributed by atoms with van der Waals surface area (Å²) >= 11 is 7.18. The van der Waals surface area contributed by atoms with Crippen LogP contribution in [0.1, 0.15) is 100 Å². The average molecular weight is 961 g/mol. The number of methoxy groups -OCH3 is 2. The Hall–Kier alpha value is -4.52. The third-order valence-corrected chi connectivity index (χ3v) is 12.9. The third-order valence-electron chi connectivity index (χ3n) is 11.7. The Balaban J connectivity index is 1.11. The molecule has 0 spiro atoms. The van der Waals surface area contributed by atoms with E-state index in [4.69, 9.17) is 18.9 Å². The van der Waals surface area contributed by atoms with Crippen molar-refractivity contribution in [2.24, 2.45) is 0 Å². The van der Waals surface area contributed by atoms with E-state index in [0.29, 0.717) is 13.2 Å². The minimum atomic E-state index is 0.653. The Labute approximate surface area is 388 Å². The lowest BCUT2D eigenvalue weighted by atomic mass is 9.94. The molecule has 0 saturated carbocycles. The molecule has 0 unspecified atom stereocenters. The van der Waals surface area contributed by atoms with Crippen LogP contribution >= 0.6 is 31.9 Å².